The molecule has 0 aliphatic carbocycles. The van der Waals surface area contributed by atoms with E-state index in [4.69, 9.17) is 11.6 Å². The molecule has 0 bridgehead atoms. The Bertz CT molecular complexity index is 83.9. The van der Waals surface area contributed by atoms with E-state index < -0.39 is 18.0 Å². The summed E-state index contributed by atoms with van der Waals surface area (Å²) < 4.78 is 35.5. The Morgan fingerprint density at radius 2 is 1.89 bits per heavy atom. The molecule has 9 heavy (non-hydrogen) atoms. The van der Waals surface area contributed by atoms with Crippen molar-refractivity contribution in [2.75, 3.05) is 5.88 Å². The molecule has 0 saturated carbocycles. The van der Waals surface area contributed by atoms with Gasteiger partial charge in [-0.25, -0.2) is 13.2 Å². The van der Waals surface area contributed by atoms with Crippen LogP contribution in [0.1, 0.15) is 6.42 Å². The van der Waals surface area contributed by atoms with Crippen molar-refractivity contribution in [1.82, 2.24) is 0 Å². The summed E-state index contributed by atoms with van der Waals surface area (Å²) in [6, 6.07) is 0. The lowest BCUT2D eigenvalue weighted by atomic mass is 10.3. The average molecular weight is 181 g/mol. The molecule has 0 aliphatic rings. The van der Waals surface area contributed by atoms with Crippen LogP contribution in [-0.2, 0) is 0 Å². The molecular formula is C4H5Cl2F3. The quantitative estimate of drug-likeness (QED) is 0.587. The monoisotopic (exact) mass is 180 g/mol. The Morgan fingerprint density at radius 3 is 2.00 bits per heavy atom. The topological polar surface area (TPSA) is 0 Å². The Morgan fingerprint density at radius 1 is 1.44 bits per heavy atom. The third-order valence-corrected chi connectivity index (χ3v) is 1.26. The van der Waals surface area contributed by atoms with Crippen LogP contribution in [0, 0.1) is 0 Å². The molecular weight excluding hydrogens is 176 g/mol. The highest BCUT2D eigenvalue weighted by Gasteiger charge is 2.37. The molecule has 0 aromatic heterocycles. The molecule has 0 nitrogen and oxygen atoms in total. The molecule has 0 N–H and O–H groups in total. The van der Waals surface area contributed by atoms with Gasteiger partial charge in [-0.05, 0) is 0 Å². The molecule has 0 aromatic carbocycles. The summed E-state index contributed by atoms with van der Waals surface area (Å²) in [4.78, 5) is 0. The molecule has 0 radical (unpaired) electrons. The maximum atomic E-state index is 12.0. The smallest absolute Gasteiger partial charge is 0.223 e. The minimum Gasteiger partial charge on any atom is -0.223 e. The fourth-order valence-corrected chi connectivity index (χ4v) is 0.596. The molecule has 0 amide bonds. The van der Waals surface area contributed by atoms with Crippen molar-refractivity contribution in [3.05, 3.63) is 0 Å². The summed E-state index contributed by atoms with van der Waals surface area (Å²) in [5, 5.41) is 0. The molecule has 0 aromatic rings. The molecule has 1 atom stereocenters. The Labute approximate surface area is 60.9 Å². The van der Waals surface area contributed by atoms with Gasteiger partial charge < -0.3 is 0 Å². The largest absolute Gasteiger partial charge is 0.293 e. The van der Waals surface area contributed by atoms with E-state index in [1.54, 1.807) is 0 Å². The van der Waals surface area contributed by atoms with Gasteiger partial charge in [0.2, 0.25) is 5.63 Å². The van der Waals surface area contributed by atoms with Crippen molar-refractivity contribution < 1.29 is 13.2 Å². The van der Waals surface area contributed by atoms with E-state index in [0.717, 1.165) is 0 Å². The molecule has 0 aliphatic heterocycles. The van der Waals surface area contributed by atoms with Crippen LogP contribution >= 0.6 is 23.2 Å². The van der Waals surface area contributed by atoms with Crippen molar-refractivity contribution in [3.63, 3.8) is 0 Å². The van der Waals surface area contributed by atoms with Gasteiger partial charge in [0.15, 0.2) is 0 Å². The van der Waals surface area contributed by atoms with Crippen LogP contribution in [-0.4, -0.2) is 17.4 Å². The van der Waals surface area contributed by atoms with Gasteiger partial charge in [0.05, 0.1) is 0 Å². The summed E-state index contributed by atoms with van der Waals surface area (Å²) in [7, 11) is 0. The Hall–Kier alpha value is 0.370. The van der Waals surface area contributed by atoms with Crippen molar-refractivity contribution in [2.24, 2.45) is 0 Å². The highest BCUT2D eigenvalue weighted by Crippen LogP contribution is 2.28. The van der Waals surface area contributed by atoms with Gasteiger partial charge in [-0.2, -0.15) is 0 Å². The van der Waals surface area contributed by atoms with Crippen LogP contribution in [0.3, 0.4) is 0 Å². The molecule has 56 valence electrons. The van der Waals surface area contributed by atoms with Crippen LogP contribution in [0.4, 0.5) is 13.2 Å². The number of hydrogen-bond acceptors (Lipinski definition) is 0. The SMILES string of the molecule is FC(Cl)C(F)(F)CCCl. The zero-order valence-corrected chi connectivity index (χ0v) is 5.89. The van der Waals surface area contributed by atoms with E-state index in [0.29, 0.717) is 0 Å². The first-order valence-electron chi connectivity index (χ1n) is 2.22. The molecule has 1 unspecified atom stereocenters. The van der Waals surface area contributed by atoms with Crippen molar-refractivity contribution in [3.8, 4) is 0 Å². The maximum Gasteiger partial charge on any atom is 0.293 e. The minimum absolute atomic E-state index is 0.292. The van der Waals surface area contributed by atoms with Gasteiger partial charge in [0, 0.05) is 12.3 Å². The standard InChI is InChI=1S/C4H5Cl2F3/c5-2-1-4(8,9)3(6)7/h3H,1-2H2. The third-order valence-electron chi connectivity index (χ3n) is 0.747. The Kier molecular flexibility index (Phi) is 3.66. The lowest BCUT2D eigenvalue weighted by Gasteiger charge is -2.13. The van der Waals surface area contributed by atoms with E-state index in [-0.39, 0.29) is 5.88 Å². The number of rotatable bonds is 3. The first-order valence-corrected chi connectivity index (χ1v) is 3.19. The fraction of sp³-hybridized carbons (Fsp3) is 1.00. The van der Waals surface area contributed by atoms with Crippen LogP contribution < -0.4 is 0 Å². The van der Waals surface area contributed by atoms with Gasteiger partial charge in [0.1, 0.15) is 0 Å². The number of halogens is 5. The summed E-state index contributed by atoms with van der Waals surface area (Å²) >= 11 is 9.40. The van der Waals surface area contributed by atoms with Gasteiger partial charge >= 0.3 is 0 Å². The predicted octanol–water partition coefficient (Wildman–Crippen LogP) is 2.79. The van der Waals surface area contributed by atoms with Crippen molar-refractivity contribution in [2.45, 2.75) is 18.0 Å². The van der Waals surface area contributed by atoms with Gasteiger partial charge in [-0.15, -0.1) is 11.6 Å². The molecule has 0 heterocycles. The fourth-order valence-electron chi connectivity index (χ4n) is 0.235. The second-order valence-electron chi connectivity index (χ2n) is 1.50. The van der Waals surface area contributed by atoms with Crippen molar-refractivity contribution in [1.29, 1.82) is 0 Å². The van der Waals surface area contributed by atoms with Gasteiger partial charge in [0.25, 0.3) is 5.92 Å². The number of hydrogen-bond donors (Lipinski definition) is 0. The molecule has 0 rings (SSSR count). The normalized spacial score (nSPS) is 15.7. The third kappa shape index (κ3) is 3.16. The summed E-state index contributed by atoms with van der Waals surface area (Å²) in [5.41, 5.74) is -2.63. The zero-order chi connectivity index (χ0) is 7.49. The van der Waals surface area contributed by atoms with Crippen LogP contribution in [0.15, 0.2) is 0 Å². The maximum absolute atomic E-state index is 12.0. The highest BCUT2D eigenvalue weighted by molar-refractivity contribution is 6.20. The second-order valence-corrected chi connectivity index (χ2v) is 2.26. The minimum atomic E-state index is -3.48. The van der Waals surface area contributed by atoms with Crippen LogP contribution in [0.5, 0.6) is 0 Å². The predicted molar refractivity (Wildman–Crippen MR) is 31.0 cm³/mol. The van der Waals surface area contributed by atoms with Crippen LogP contribution in [0.25, 0.3) is 0 Å². The lowest BCUT2D eigenvalue weighted by molar-refractivity contribution is -0.0423. The lowest BCUT2D eigenvalue weighted by Crippen LogP contribution is -2.25. The summed E-state index contributed by atoms with van der Waals surface area (Å²) in [5.74, 6) is -3.77. The summed E-state index contributed by atoms with van der Waals surface area (Å²) in [6.07, 6.45) is -0.723. The number of alkyl halides is 5. The second kappa shape index (κ2) is 3.52. The summed E-state index contributed by atoms with van der Waals surface area (Å²) in [6.45, 7) is 0. The molecule has 0 fully saturated rings. The molecule has 0 saturated heterocycles. The average Bonchev–Trinajstić information content (AvgIpc) is 1.65. The van der Waals surface area contributed by atoms with Gasteiger partial charge in [-0.3, -0.25) is 0 Å². The first kappa shape index (κ1) is 9.37. The van der Waals surface area contributed by atoms with Gasteiger partial charge in [-0.1, -0.05) is 11.6 Å². The van der Waals surface area contributed by atoms with Crippen molar-refractivity contribution >= 4 is 23.2 Å². The van der Waals surface area contributed by atoms with E-state index in [9.17, 15) is 13.2 Å². The Balaban J connectivity index is 3.70. The molecule has 5 heteroatoms. The zero-order valence-electron chi connectivity index (χ0n) is 4.38. The first-order chi connectivity index (χ1) is 4.00. The van der Waals surface area contributed by atoms with E-state index in [2.05, 4.69) is 11.6 Å². The van der Waals surface area contributed by atoms with E-state index in [1.807, 2.05) is 0 Å². The van der Waals surface area contributed by atoms with Crippen LogP contribution in [0.2, 0.25) is 0 Å². The van der Waals surface area contributed by atoms with E-state index in [1.165, 1.54) is 0 Å². The molecule has 0 spiro atoms. The highest BCUT2D eigenvalue weighted by atomic mass is 35.5. The van der Waals surface area contributed by atoms with E-state index >= 15 is 0 Å².